The van der Waals surface area contributed by atoms with Crippen molar-refractivity contribution < 1.29 is 18.7 Å². The summed E-state index contributed by atoms with van der Waals surface area (Å²) in [6, 6.07) is 8.29. The van der Waals surface area contributed by atoms with E-state index in [1.165, 1.54) is 11.6 Å². The number of rotatable bonds is 3. The molecule has 0 bridgehead atoms. The van der Waals surface area contributed by atoms with Crippen LogP contribution in [-0.2, 0) is 21.6 Å². The van der Waals surface area contributed by atoms with Gasteiger partial charge in [0, 0.05) is 30.6 Å². The first kappa shape index (κ1) is 18.9. The second kappa shape index (κ2) is 7.28. The van der Waals surface area contributed by atoms with Crippen molar-refractivity contribution in [1.82, 2.24) is 15.1 Å². The highest BCUT2D eigenvalue weighted by molar-refractivity contribution is 5.81. The maximum atomic E-state index is 13.0. The number of hydrogen-bond acceptors (Lipinski definition) is 6. The summed E-state index contributed by atoms with van der Waals surface area (Å²) in [5.74, 6) is 0.420. The van der Waals surface area contributed by atoms with Crippen LogP contribution in [0.25, 0.3) is 11.0 Å². The number of nitrogens with one attached hydrogen (secondary N) is 1. The van der Waals surface area contributed by atoms with Crippen LogP contribution in [0, 0.1) is 0 Å². The molecule has 1 amide bonds. The van der Waals surface area contributed by atoms with Crippen LogP contribution in [0.2, 0.25) is 0 Å². The van der Waals surface area contributed by atoms with Crippen molar-refractivity contribution >= 4 is 16.9 Å². The fraction of sp³-hybridized carbons (Fsp3) is 0.409. The van der Waals surface area contributed by atoms with Crippen LogP contribution in [0.1, 0.15) is 31.0 Å². The molecule has 1 N–H and O–H groups in total. The van der Waals surface area contributed by atoms with E-state index >= 15 is 0 Å². The van der Waals surface area contributed by atoms with Gasteiger partial charge in [-0.3, -0.25) is 9.89 Å². The molecule has 0 radical (unpaired) electrons. The van der Waals surface area contributed by atoms with Crippen molar-refractivity contribution in [2.75, 3.05) is 19.7 Å². The van der Waals surface area contributed by atoms with Gasteiger partial charge in [-0.1, -0.05) is 0 Å². The van der Waals surface area contributed by atoms with E-state index in [4.69, 9.17) is 13.9 Å². The third-order valence-electron chi connectivity index (χ3n) is 6.06. The Balaban J connectivity index is 1.25. The Bertz CT molecular complexity index is 1140. The third kappa shape index (κ3) is 3.27. The molecule has 0 saturated carbocycles. The van der Waals surface area contributed by atoms with E-state index in [0.29, 0.717) is 31.0 Å². The number of aromatic nitrogens is 2. The van der Waals surface area contributed by atoms with Gasteiger partial charge in [0.2, 0.25) is 0 Å². The van der Waals surface area contributed by atoms with Crippen molar-refractivity contribution in [3.8, 4) is 5.75 Å². The zero-order valence-corrected chi connectivity index (χ0v) is 16.7. The lowest BCUT2D eigenvalue weighted by molar-refractivity contribution is -0.147. The summed E-state index contributed by atoms with van der Waals surface area (Å²) < 4.78 is 17.2. The maximum Gasteiger partial charge on any atom is 0.336 e. The van der Waals surface area contributed by atoms with Crippen LogP contribution in [0.5, 0.6) is 5.75 Å². The van der Waals surface area contributed by atoms with Gasteiger partial charge in [-0.25, -0.2) is 4.79 Å². The first-order chi connectivity index (χ1) is 14.5. The Morgan fingerprint density at radius 2 is 2.07 bits per heavy atom. The van der Waals surface area contributed by atoms with E-state index in [0.717, 1.165) is 30.3 Å². The third-order valence-corrected chi connectivity index (χ3v) is 6.06. The fourth-order valence-corrected chi connectivity index (χ4v) is 4.43. The molecular weight excluding hydrogens is 386 g/mol. The molecule has 5 rings (SSSR count). The van der Waals surface area contributed by atoms with Crippen molar-refractivity contribution in [2.45, 2.75) is 37.9 Å². The summed E-state index contributed by atoms with van der Waals surface area (Å²) in [6.07, 6.45) is 3.54. The number of benzene rings is 1. The molecule has 30 heavy (non-hydrogen) atoms. The van der Waals surface area contributed by atoms with Crippen LogP contribution in [0.15, 0.2) is 45.7 Å². The Labute approximate surface area is 172 Å². The van der Waals surface area contributed by atoms with Gasteiger partial charge in [-0.05, 0) is 49.9 Å². The standard InChI is InChI=1S/C22H23N3O5/c1-14(29-17-4-2-15-3-5-19(26)30-18(15)12-17)21(27)25-9-7-22(8-10-25)20-16(6-11-28-22)13-23-24-20/h2-5,12-14H,6-11H2,1H3,(H,23,24). The molecule has 1 spiro atoms. The number of ether oxygens (including phenoxy) is 2. The second-order valence-electron chi connectivity index (χ2n) is 7.90. The van der Waals surface area contributed by atoms with Gasteiger partial charge in [-0.2, -0.15) is 5.10 Å². The largest absolute Gasteiger partial charge is 0.481 e. The van der Waals surface area contributed by atoms with Gasteiger partial charge in [0.1, 0.15) is 16.9 Å². The van der Waals surface area contributed by atoms with Gasteiger partial charge in [0.15, 0.2) is 6.10 Å². The monoisotopic (exact) mass is 409 g/mol. The number of H-pyrrole nitrogens is 1. The van der Waals surface area contributed by atoms with Crippen LogP contribution in [0.4, 0.5) is 0 Å². The van der Waals surface area contributed by atoms with E-state index in [1.807, 2.05) is 11.1 Å². The second-order valence-corrected chi connectivity index (χ2v) is 7.90. The van der Waals surface area contributed by atoms with Gasteiger partial charge in [0.05, 0.1) is 18.5 Å². The van der Waals surface area contributed by atoms with Gasteiger partial charge < -0.3 is 18.8 Å². The molecule has 8 heteroatoms. The number of carbonyl (C=O) groups excluding carboxylic acids is 1. The normalized spacial score (nSPS) is 18.9. The molecule has 8 nitrogen and oxygen atoms in total. The van der Waals surface area contributed by atoms with E-state index in [1.54, 1.807) is 31.2 Å². The number of likely N-dealkylation sites (tertiary alicyclic amines) is 1. The van der Waals surface area contributed by atoms with Crippen molar-refractivity contribution in [3.05, 3.63) is 58.2 Å². The summed E-state index contributed by atoms with van der Waals surface area (Å²) in [4.78, 5) is 26.2. The lowest BCUT2D eigenvalue weighted by atomic mass is 9.83. The average molecular weight is 409 g/mol. The molecule has 1 saturated heterocycles. The van der Waals surface area contributed by atoms with Gasteiger partial charge in [-0.15, -0.1) is 0 Å². The molecule has 1 fully saturated rings. The Morgan fingerprint density at radius 1 is 1.27 bits per heavy atom. The van der Waals surface area contributed by atoms with E-state index < -0.39 is 11.7 Å². The number of aromatic amines is 1. The highest BCUT2D eigenvalue weighted by Crippen LogP contribution is 2.40. The predicted octanol–water partition coefficient (Wildman–Crippen LogP) is 2.37. The number of amides is 1. The molecule has 3 aromatic rings. The van der Waals surface area contributed by atoms with E-state index in [-0.39, 0.29) is 11.5 Å². The molecular formula is C22H23N3O5. The molecule has 1 aromatic carbocycles. The minimum absolute atomic E-state index is 0.0693. The number of hydrogen-bond donors (Lipinski definition) is 1. The molecule has 2 aliphatic rings. The minimum atomic E-state index is -0.651. The smallest absolute Gasteiger partial charge is 0.336 e. The van der Waals surface area contributed by atoms with Gasteiger partial charge >= 0.3 is 5.63 Å². The van der Waals surface area contributed by atoms with E-state index in [9.17, 15) is 9.59 Å². The summed E-state index contributed by atoms with van der Waals surface area (Å²) in [7, 11) is 0. The molecule has 156 valence electrons. The number of nitrogens with zero attached hydrogens (tertiary/aromatic N) is 2. The fourth-order valence-electron chi connectivity index (χ4n) is 4.43. The molecule has 0 aliphatic carbocycles. The zero-order chi connectivity index (χ0) is 20.7. The quantitative estimate of drug-likeness (QED) is 0.667. The van der Waals surface area contributed by atoms with Crippen molar-refractivity contribution in [3.63, 3.8) is 0 Å². The topological polar surface area (TPSA) is 97.7 Å². The van der Waals surface area contributed by atoms with Gasteiger partial charge in [0.25, 0.3) is 5.91 Å². The lowest BCUT2D eigenvalue weighted by Gasteiger charge is -2.43. The van der Waals surface area contributed by atoms with Crippen LogP contribution >= 0.6 is 0 Å². The summed E-state index contributed by atoms with van der Waals surface area (Å²) in [6.45, 7) is 3.61. The number of piperidine rings is 1. The molecule has 2 aromatic heterocycles. The summed E-state index contributed by atoms with van der Waals surface area (Å²) in [5.41, 5.74) is 1.91. The van der Waals surface area contributed by atoms with Crippen LogP contribution in [0.3, 0.4) is 0 Å². The highest BCUT2D eigenvalue weighted by Gasteiger charge is 2.43. The Kier molecular flexibility index (Phi) is 4.58. The molecule has 1 unspecified atom stereocenters. The summed E-state index contributed by atoms with van der Waals surface area (Å²) in [5, 5.41) is 8.08. The average Bonchev–Trinajstić information content (AvgIpc) is 3.24. The van der Waals surface area contributed by atoms with Crippen LogP contribution in [-0.4, -0.2) is 46.8 Å². The maximum absolute atomic E-state index is 13.0. The first-order valence-corrected chi connectivity index (χ1v) is 10.2. The van der Waals surface area contributed by atoms with Crippen molar-refractivity contribution in [1.29, 1.82) is 0 Å². The number of carbonyl (C=O) groups is 1. The Hall–Kier alpha value is -3.13. The SMILES string of the molecule is CC(Oc1ccc2ccc(=O)oc2c1)C(=O)N1CCC2(CC1)OCCc1cn[nH]c12. The number of fused-ring (bicyclic) bond motifs is 3. The first-order valence-electron chi connectivity index (χ1n) is 10.2. The lowest BCUT2D eigenvalue weighted by Crippen LogP contribution is -2.51. The minimum Gasteiger partial charge on any atom is -0.481 e. The van der Waals surface area contributed by atoms with Crippen molar-refractivity contribution in [2.24, 2.45) is 0 Å². The summed E-state index contributed by atoms with van der Waals surface area (Å²) >= 11 is 0. The molecule has 4 heterocycles. The molecule has 2 aliphatic heterocycles. The molecule has 1 atom stereocenters. The predicted molar refractivity (Wildman–Crippen MR) is 108 cm³/mol. The zero-order valence-electron chi connectivity index (χ0n) is 16.7. The highest BCUT2D eigenvalue weighted by atomic mass is 16.5. The van der Waals surface area contributed by atoms with E-state index in [2.05, 4.69) is 10.2 Å². The Morgan fingerprint density at radius 3 is 2.90 bits per heavy atom. The van der Waals surface area contributed by atoms with Crippen LogP contribution < -0.4 is 10.4 Å².